The van der Waals surface area contributed by atoms with Gasteiger partial charge in [0.05, 0.1) is 11.5 Å². The fourth-order valence-electron chi connectivity index (χ4n) is 3.35. The van der Waals surface area contributed by atoms with Crippen molar-refractivity contribution in [2.75, 3.05) is 17.3 Å². The molecule has 0 amide bonds. The SMILES string of the molecule is Cn1c(SCC2CCCCC2)nnc1[C@H]1CCS(=O)(=O)C1. The smallest absolute Gasteiger partial charge is 0.190 e. The number of hydrogen-bond donors (Lipinski definition) is 0. The summed E-state index contributed by atoms with van der Waals surface area (Å²) in [4.78, 5) is 0. The molecule has 1 aliphatic carbocycles. The molecule has 0 aromatic carbocycles. The van der Waals surface area contributed by atoms with E-state index in [-0.39, 0.29) is 17.4 Å². The molecule has 2 fully saturated rings. The van der Waals surface area contributed by atoms with E-state index in [1.54, 1.807) is 11.8 Å². The third-order valence-corrected chi connectivity index (χ3v) is 7.66. The van der Waals surface area contributed by atoms with Gasteiger partial charge in [-0.1, -0.05) is 31.0 Å². The summed E-state index contributed by atoms with van der Waals surface area (Å²) in [5.41, 5.74) is 0. The summed E-state index contributed by atoms with van der Waals surface area (Å²) in [6.45, 7) is 0. The van der Waals surface area contributed by atoms with E-state index in [1.807, 2.05) is 11.6 Å². The predicted molar refractivity (Wildman–Crippen MR) is 84.3 cm³/mol. The lowest BCUT2D eigenvalue weighted by Gasteiger charge is -2.20. The number of rotatable bonds is 4. The van der Waals surface area contributed by atoms with E-state index >= 15 is 0 Å². The fourth-order valence-corrected chi connectivity index (χ4v) is 6.20. The van der Waals surface area contributed by atoms with Crippen LogP contribution in [0.1, 0.15) is 50.3 Å². The average molecular weight is 329 g/mol. The first kappa shape index (κ1) is 15.3. The van der Waals surface area contributed by atoms with Crippen molar-refractivity contribution in [3.05, 3.63) is 5.82 Å². The molecule has 7 heteroatoms. The Morgan fingerprint density at radius 3 is 2.62 bits per heavy atom. The molecule has 2 heterocycles. The van der Waals surface area contributed by atoms with Crippen LogP contribution >= 0.6 is 11.8 Å². The van der Waals surface area contributed by atoms with Gasteiger partial charge in [-0.05, 0) is 25.2 Å². The molecule has 3 rings (SSSR count). The van der Waals surface area contributed by atoms with Gasteiger partial charge < -0.3 is 4.57 Å². The molecule has 1 saturated heterocycles. The van der Waals surface area contributed by atoms with Crippen molar-refractivity contribution >= 4 is 21.6 Å². The van der Waals surface area contributed by atoms with Crippen LogP contribution in [0.3, 0.4) is 0 Å². The van der Waals surface area contributed by atoms with Crippen molar-refractivity contribution < 1.29 is 8.42 Å². The molecule has 0 bridgehead atoms. The lowest BCUT2D eigenvalue weighted by molar-refractivity contribution is 0.390. The van der Waals surface area contributed by atoms with Gasteiger partial charge in [0.15, 0.2) is 15.0 Å². The van der Waals surface area contributed by atoms with E-state index in [2.05, 4.69) is 10.2 Å². The maximum absolute atomic E-state index is 11.6. The first-order valence-electron chi connectivity index (χ1n) is 7.78. The van der Waals surface area contributed by atoms with Crippen LogP contribution in [0.25, 0.3) is 0 Å². The molecule has 1 atom stereocenters. The van der Waals surface area contributed by atoms with Crippen molar-refractivity contribution in [1.29, 1.82) is 0 Å². The molecular weight excluding hydrogens is 306 g/mol. The molecular formula is C14H23N3O2S2. The Morgan fingerprint density at radius 1 is 1.19 bits per heavy atom. The molecule has 1 aromatic heterocycles. The number of nitrogens with zero attached hydrogens (tertiary/aromatic N) is 3. The predicted octanol–water partition coefficient (Wildman–Crippen LogP) is 2.39. The second kappa shape index (κ2) is 6.28. The van der Waals surface area contributed by atoms with Crippen LogP contribution in [0.2, 0.25) is 0 Å². The number of sulfone groups is 1. The quantitative estimate of drug-likeness (QED) is 0.794. The second-order valence-corrected chi connectivity index (χ2v) is 9.53. The Morgan fingerprint density at radius 2 is 1.95 bits per heavy atom. The monoisotopic (exact) mass is 329 g/mol. The third-order valence-electron chi connectivity index (χ3n) is 4.64. The Labute approximate surface area is 130 Å². The van der Waals surface area contributed by atoms with Gasteiger partial charge in [-0.3, -0.25) is 0 Å². The zero-order valence-corrected chi connectivity index (χ0v) is 14.1. The average Bonchev–Trinajstić information content (AvgIpc) is 3.00. The van der Waals surface area contributed by atoms with E-state index in [1.165, 1.54) is 32.1 Å². The summed E-state index contributed by atoms with van der Waals surface area (Å²) in [6.07, 6.45) is 7.44. The molecule has 0 radical (unpaired) electrons. The van der Waals surface area contributed by atoms with Crippen LogP contribution < -0.4 is 0 Å². The molecule has 1 saturated carbocycles. The summed E-state index contributed by atoms with van der Waals surface area (Å²) in [7, 11) is -0.907. The van der Waals surface area contributed by atoms with Crippen LogP contribution in [0, 0.1) is 5.92 Å². The summed E-state index contributed by atoms with van der Waals surface area (Å²) < 4.78 is 25.2. The zero-order chi connectivity index (χ0) is 14.9. The maximum atomic E-state index is 11.6. The molecule has 118 valence electrons. The van der Waals surface area contributed by atoms with Crippen LogP contribution in [0.4, 0.5) is 0 Å². The van der Waals surface area contributed by atoms with Crippen molar-refractivity contribution in [1.82, 2.24) is 14.8 Å². The van der Waals surface area contributed by atoms with E-state index in [0.717, 1.165) is 22.7 Å². The minimum Gasteiger partial charge on any atom is -0.309 e. The highest BCUT2D eigenvalue weighted by molar-refractivity contribution is 7.99. The van der Waals surface area contributed by atoms with Gasteiger partial charge >= 0.3 is 0 Å². The minimum atomic E-state index is -2.87. The van der Waals surface area contributed by atoms with Crippen LogP contribution in [0.15, 0.2) is 5.16 Å². The highest BCUT2D eigenvalue weighted by Gasteiger charge is 2.32. The second-order valence-electron chi connectivity index (χ2n) is 6.31. The van der Waals surface area contributed by atoms with E-state index in [0.29, 0.717) is 6.42 Å². The number of hydrogen-bond acceptors (Lipinski definition) is 5. The highest BCUT2D eigenvalue weighted by atomic mass is 32.2. The van der Waals surface area contributed by atoms with Gasteiger partial charge in [-0.2, -0.15) is 0 Å². The fraction of sp³-hybridized carbons (Fsp3) is 0.857. The largest absolute Gasteiger partial charge is 0.309 e. The lowest BCUT2D eigenvalue weighted by Crippen LogP contribution is -2.10. The molecule has 0 spiro atoms. The summed E-state index contributed by atoms with van der Waals surface area (Å²) in [5.74, 6) is 3.28. The third kappa shape index (κ3) is 3.62. The summed E-state index contributed by atoms with van der Waals surface area (Å²) >= 11 is 1.77. The van der Waals surface area contributed by atoms with Crippen LogP contribution in [-0.2, 0) is 16.9 Å². The van der Waals surface area contributed by atoms with Crippen LogP contribution in [0.5, 0.6) is 0 Å². The summed E-state index contributed by atoms with van der Waals surface area (Å²) in [6, 6.07) is 0. The molecule has 5 nitrogen and oxygen atoms in total. The zero-order valence-electron chi connectivity index (χ0n) is 12.5. The minimum absolute atomic E-state index is 0.0246. The standard InChI is InChI=1S/C14H23N3O2S2/c1-17-13(12-7-8-21(18,19)10-12)15-16-14(17)20-9-11-5-3-2-4-6-11/h11-12H,2-10H2,1H3/t12-/m0/s1. The van der Waals surface area contributed by atoms with Crippen molar-refractivity contribution in [3.8, 4) is 0 Å². The van der Waals surface area contributed by atoms with Gasteiger partial charge in [0, 0.05) is 18.7 Å². The first-order valence-corrected chi connectivity index (χ1v) is 10.6. The molecule has 0 unspecified atom stereocenters. The molecule has 2 aliphatic rings. The van der Waals surface area contributed by atoms with E-state index < -0.39 is 9.84 Å². The van der Waals surface area contributed by atoms with E-state index in [4.69, 9.17) is 0 Å². The van der Waals surface area contributed by atoms with E-state index in [9.17, 15) is 8.42 Å². The van der Waals surface area contributed by atoms with Crippen molar-refractivity contribution in [2.24, 2.45) is 13.0 Å². The highest BCUT2D eigenvalue weighted by Crippen LogP contribution is 2.32. The Kier molecular flexibility index (Phi) is 4.59. The van der Waals surface area contributed by atoms with Crippen LogP contribution in [-0.4, -0.2) is 40.4 Å². The van der Waals surface area contributed by atoms with Crippen molar-refractivity contribution in [3.63, 3.8) is 0 Å². The van der Waals surface area contributed by atoms with Gasteiger partial charge in [-0.15, -0.1) is 10.2 Å². The number of aromatic nitrogens is 3. The van der Waals surface area contributed by atoms with Gasteiger partial charge in [0.2, 0.25) is 0 Å². The van der Waals surface area contributed by atoms with Gasteiger partial charge in [-0.25, -0.2) is 8.42 Å². The molecule has 1 aliphatic heterocycles. The molecule has 1 aromatic rings. The topological polar surface area (TPSA) is 64.8 Å². The van der Waals surface area contributed by atoms with Gasteiger partial charge in [0.25, 0.3) is 0 Å². The van der Waals surface area contributed by atoms with Gasteiger partial charge in [0.1, 0.15) is 5.82 Å². The summed E-state index contributed by atoms with van der Waals surface area (Å²) in [5, 5.41) is 9.46. The number of thioether (sulfide) groups is 1. The Hall–Kier alpha value is -0.560. The molecule has 0 N–H and O–H groups in total. The lowest BCUT2D eigenvalue weighted by atomic mass is 9.91. The first-order chi connectivity index (χ1) is 10.1. The normalized spacial score (nSPS) is 26.2. The van der Waals surface area contributed by atoms with Crippen molar-refractivity contribution in [2.45, 2.75) is 49.6 Å². The maximum Gasteiger partial charge on any atom is 0.190 e. The molecule has 21 heavy (non-hydrogen) atoms. The Balaban J connectivity index is 1.62. The Bertz CT molecular complexity index is 591.